The van der Waals surface area contributed by atoms with Crippen molar-refractivity contribution in [2.75, 3.05) is 26.2 Å². The first-order chi connectivity index (χ1) is 13.2. The molecule has 1 aromatic carbocycles. The molecule has 1 fully saturated rings. The van der Waals surface area contributed by atoms with E-state index >= 15 is 0 Å². The normalized spacial score (nSPS) is 18.1. The molecule has 1 heterocycles. The molecule has 0 aromatic heterocycles. The number of hydrogen-bond acceptors (Lipinski definition) is 5. The number of amides is 2. The van der Waals surface area contributed by atoms with Crippen LogP contribution in [0.5, 0.6) is 0 Å². The highest BCUT2D eigenvalue weighted by molar-refractivity contribution is 7.89. The van der Waals surface area contributed by atoms with Gasteiger partial charge in [-0.3, -0.25) is 9.59 Å². The Bertz CT molecular complexity index is 783. The van der Waals surface area contributed by atoms with Crippen molar-refractivity contribution in [3.05, 3.63) is 29.3 Å². The molecule has 0 bridgehead atoms. The average molecular weight is 432 g/mol. The summed E-state index contributed by atoms with van der Waals surface area (Å²) in [4.78, 5) is 23.9. The number of rotatable bonds is 7. The topological polar surface area (TPSA) is 105 Å². The molecule has 0 radical (unpaired) electrons. The molecule has 2 N–H and O–H groups in total. The van der Waals surface area contributed by atoms with Crippen molar-refractivity contribution in [1.29, 1.82) is 0 Å². The molecule has 8 nitrogen and oxygen atoms in total. The Labute approximate surface area is 170 Å². The Balaban J connectivity index is 1.98. The Morgan fingerprint density at radius 2 is 1.86 bits per heavy atom. The fraction of sp³-hybridized carbons (Fsp3) is 0.556. The zero-order valence-corrected chi connectivity index (χ0v) is 17.6. The molecule has 1 saturated heterocycles. The minimum absolute atomic E-state index is 0.0881. The molecule has 10 heteroatoms. The highest BCUT2D eigenvalue weighted by Gasteiger charge is 2.34. The van der Waals surface area contributed by atoms with Gasteiger partial charge in [-0.1, -0.05) is 25.4 Å². The van der Waals surface area contributed by atoms with Crippen molar-refractivity contribution in [2.24, 2.45) is 5.92 Å². The first kappa shape index (κ1) is 22.6. The summed E-state index contributed by atoms with van der Waals surface area (Å²) in [7, 11) is -3.82. The average Bonchev–Trinajstić information content (AvgIpc) is 2.66. The number of ether oxygens (including phenoxy) is 1. The zero-order chi connectivity index (χ0) is 20.7. The number of hydrogen-bond donors (Lipinski definition) is 2. The fourth-order valence-corrected chi connectivity index (χ4v) is 4.35. The quantitative estimate of drug-likeness (QED) is 0.634. The van der Waals surface area contributed by atoms with Crippen LogP contribution in [-0.4, -0.2) is 57.0 Å². The summed E-state index contributed by atoms with van der Waals surface area (Å²) in [6.45, 7) is 4.94. The Kier molecular flexibility index (Phi) is 8.23. The lowest BCUT2D eigenvalue weighted by Crippen LogP contribution is -2.53. The van der Waals surface area contributed by atoms with Gasteiger partial charge in [-0.05, 0) is 43.0 Å². The van der Waals surface area contributed by atoms with E-state index in [2.05, 4.69) is 10.6 Å². The standard InChI is InChI=1S/C18H26ClN3O5S/c1-13(2)8-9-20-17(23)18(24)21-12-16-22(10-3-11-27-16)28(25,26)15-6-4-14(19)5-7-15/h4-7,13,16H,3,8-12H2,1-2H3,(H,20,23)(H,21,24). The van der Waals surface area contributed by atoms with Crippen LogP contribution < -0.4 is 10.6 Å². The van der Waals surface area contributed by atoms with Crippen molar-refractivity contribution in [2.45, 2.75) is 37.8 Å². The van der Waals surface area contributed by atoms with E-state index in [9.17, 15) is 18.0 Å². The second-order valence-corrected chi connectivity index (χ2v) is 9.22. The maximum Gasteiger partial charge on any atom is 0.309 e. The molecule has 0 spiro atoms. The number of halogens is 1. The van der Waals surface area contributed by atoms with Gasteiger partial charge in [0.25, 0.3) is 0 Å². The van der Waals surface area contributed by atoms with Crippen LogP contribution in [0.2, 0.25) is 5.02 Å². The van der Waals surface area contributed by atoms with E-state index in [1.807, 2.05) is 13.8 Å². The van der Waals surface area contributed by atoms with Gasteiger partial charge in [0.05, 0.1) is 18.0 Å². The Morgan fingerprint density at radius 1 is 1.21 bits per heavy atom. The summed E-state index contributed by atoms with van der Waals surface area (Å²) in [6, 6.07) is 5.84. The lowest BCUT2D eigenvalue weighted by atomic mass is 10.1. The summed E-state index contributed by atoms with van der Waals surface area (Å²) in [5.74, 6) is -1.16. The molecule has 2 rings (SSSR count). The Morgan fingerprint density at radius 3 is 2.50 bits per heavy atom. The summed E-state index contributed by atoms with van der Waals surface area (Å²) in [5.41, 5.74) is 0. The van der Waals surface area contributed by atoms with Crippen molar-refractivity contribution in [3.63, 3.8) is 0 Å². The van der Waals surface area contributed by atoms with Crippen LogP contribution in [0.1, 0.15) is 26.7 Å². The molecule has 0 saturated carbocycles. The van der Waals surface area contributed by atoms with Crippen LogP contribution in [0.25, 0.3) is 0 Å². The van der Waals surface area contributed by atoms with Gasteiger partial charge in [0, 0.05) is 18.1 Å². The second kappa shape index (κ2) is 10.2. The number of sulfonamides is 1. The number of nitrogens with one attached hydrogen (secondary N) is 2. The van der Waals surface area contributed by atoms with Crippen LogP contribution in [0.15, 0.2) is 29.2 Å². The predicted molar refractivity (Wildman–Crippen MR) is 105 cm³/mol. The molecule has 1 aliphatic rings. The van der Waals surface area contributed by atoms with Gasteiger partial charge in [0.15, 0.2) is 0 Å². The number of nitrogens with zero attached hydrogens (tertiary/aromatic N) is 1. The van der Waals surface area contributed by atoms with Crippen molar-refractivity contribution < 1.29 is 22.7 Å². The van der Waals surface area contributed by atoms with Gasteiger partial charge in [-0.2, -0.15) is 4.31 Å². The SMILES string of the molecule is CC(C)CCNC(=O)C(=O)NCC1OCCCN1S(=O)(=O)c1ccc(Cl)cc1. The lowest BCUT2D eigenvalue weighted by Gasteiger charge is -2.34. The summed E-state index contributed by atoms with van der Waals surface area (Å²) in [5, 5.41) is 5.42. The van der Waals surface area contributed by atoms with Crippen LogP contribution in [0.4, 0.5) is 0 Å². The minimum Gasteiger partial charge on any atom is -0.360 e. The lowest BCUT2D eigenvalue weighted by molar-refractivity contribution is -0.140. The largest absolute Gasteiger partial charge is 0.360 e. The minimum atomic E-state index is -3.82. The van der Waals surface area contributed by atoms with Gasteiger partial charge in [-0.15, -0.1) is 0 Å². The maximum atomic E-state index is 12.9. The van der Waals surface area contributed by atoms with Gasteiger partial charge in [-0.25, -0.2) is 8.42 Å². The molecule has 28 heavy (non-hydrogen) atoms. The van der Waals surface area contributed by atoms with Crippen LogP contribution >= 0.6 is 11.6 Å². The fourth-order valence-electron chi connectivity index (χ4n) is 2.66. The van der Waals surface area contributed by atoms with E-state index in [1.165, 1.54) is 28.6 Å². The third-order valence-electron chi connectivity index (χ3n) is 4.23. The first-order valence-corrected chi connectivity index (χ1v) is 11.0. The molecule has 0 aliphatic carbocycles. The van der Waals surface area contributed by atoms with Crippen LogP contribution in [0.3, 0.4) is 0 Å². The van der Waals surface area contributed by atoms with Crippen molar-refractivity contribution in [3.8, 4) is 0 Å². The van der Waals surface area contributed by atoms with E-state index in [-0.39, 0.29) is 18.0 Å². The van der Waals surface area contributed by atoms with E-state index in [0.29, 0.717) is 30.5 Å². The van der Waals surface area contributed by atoms with E-state index < -0.39 is 28.1 Å². The summed E-state index contributed by atoms with van der Waals surface area (Å²) >= 11 is 5.83. The zero-order valence-electron chi connectivity index (χ0n) is 16.0. The molecule has 2 amide bonds. The molecular formula is C18H26ClN3O5S. The maximum absolute atomic E-state index is 12.9. The van der Waals surface area contributed by atoms with Crippen LogP contribution in [-0.2, 0) is 24.3 Å². The molecular weight excluding hydrogens is 406 g/mol. The van der Waals surface area contributed by atoms with Gasteiger partial charge in [0.2, 0.25) is 10.0 Å². The smallest absolute Gasteiger partial charge is 0.309 e. The van der Waals surface area contributed by atoms with Crippen molar-refractivity contribution >= 4 is 33.4 Å². The first-order valence-electron chi connectivity index (χ1n) is 9.17. The summed E-state index contributed by atoms with van der Waals surface area (Å²) < 4.78 is 32.5. The molecule has 1 aliphatic heterocycles. The van der Waals surface area contributed by atoms with Crippen molar-refractivity contribution in [1.82, 2.24) is 14.9 Å². The van der Waals surface area contributed by atoms with E-state index in [1.54, 1.807) is 0 Å². The number of benzene rings is 1. The van der Waals surface area contributed by atoms with E-state index in [0.717, 1.165) is 6.42 Å². The van der Waals surface area contributed by atoms with E-state index in [4.69, 9.17) is 16.3 Å². The number of carbonyl (C=O) groups excluding carboxylic acids is 2. The molecule has 156 valence electrons. The molecule has 1 unspecified atom stereocenters. The van der Waals surface area contributed by atoms with Gasteiger partial charge < -0.3 is 15.4 Å². The highest BCUT2D eigenvalue weighted by Crippen LogP contribution is 2.23. The molecule has 1 atom stereocenters. The third kappa shape index (κ3) is 6.16. The van der Waals surface area contributed by atoms with Gasteiger partial charge >= 0.3 is 11.8 Å². The highest BCUT2D eigenvalue weighted by atomic mass is 35.5. The third-order valence-corrected chi connectivity index (χ3v) is 6.38. The predicted octanol–water partition coefficient (Wildman–Crippen LogP) is 1.36. The number of carbonyl (C=O) groups is 2. The Hall–Kier alpha value is -1.68. The monoisotopic (exact) mass is 431 g/mol. The molecule has 1 aromatic rings. The second-order valence-electron chi connectivity index (χ2n) is 6.90. The van der Waals surface area contributed by atoms with Crippen LogP contribution in [0, 0.1) is 5.92 Å². The summed E-state index contributed by atoms with van der Waals surface area (Å²) in [6.07, 6.45) is 0.409. The van der Waals surface area contributed by atoms with Gasteiger partial charge in [0.1, 0.15) is 6.23 Å².